The minimum Gasteiger partial charge on any atom is -0.352 e. The lowest BCUT2D eigenvalue weighted by molar-refractivity contribution is -0.128. The van der Waals surface area contributed by atoms with Gasteiger partial charge in [0.15, 0.2) is 6.04 Å². The van der Waals surface area contributed by atoms with Crippen LogP contribution in [0.15, 0.2) is 66.9 Å². The lowest BCUT2D eigenvalue weighted by atomic mass is 10.00. The zero-order valence-corrected chi connectivity index (χ0v) is 21.0. The van der Waals surface area contributed by atoms with Crippen LogP contribution in [0.5, 0.6) is 0 Å². The molecule has 4 aromatic rings. The minimum absolute atomic E-state index is 0.0988. The molecule has 2 aromatic heterocycles. The number of nitrogens with one attached hydrogen (secondary N) is 1. The Bertz CT molecular complexity index is 1360. The second kappa shape index (κ2) is 9.92. The quantitative estimate of drug-likeness (QED) is 0.392. The van der Waals surface area contributed by atoms with Crippen LogP contribution < -0.4 is 10.2 Å². The average Bonchev–Trinajstić information content (AvgIpc) is 3.43. The molecular formula is C26H29ClN6O2. The highest BCUT2D eigenvalue weighted by Gasteiger charge is 2.36. The maximum atomic E-state index is 14.0. The summed E-state index contributed by atoms with van der Waals surface area (Å²) in [7, 11) is 1.85. The van der Waals surface area contributed by atoms with E-state index in [9.17, 15) is 9.59 Å². The van der Waals surface area contributed by atoms with Crippen LogP contribution in [-0.2, 0) is 23.2 Å². The molecule has 0 spiro atoms. The van der Waals surface area contributed by atoms with Gasteiger partial charge in [0.05, 0.1) is 11.2 Å². The number of rotatable bonds is 8. The van der Waals surface area contributed by atoms with Gasteiger partial charge in [-0.2, -0.15) is 0 Å². The summed E-state index contributed by atoms with van der Waals surface area (Å²) in [6, 6.07) is 17.2. The molecule has 0 unspecified atom stereocenters. The van der Waals surface area contributed by atoms with Crippen molar-refractivity contribution in [3.8, 4) is 0 Å². The number of para-hydroxylation sites is 1. The fourth-order valence-corrected chi connectivity index (χ4v) is 4.12. The number of anilines is 1. The monoisotopic (exact) mass is 492 g/mol. The summed E-state index contributed by atoms with van der Waals surface area (Å²) in [6.45, 7) is 5.83. The molecule has 1 atom stereocenters. The average molecular weight is 493 g/mol. The first-order valence-electron chi connectivity index (χ1n) is 11.5. The highest BCUT2D eigenvalue weighted by Crippen LogP contribution is 2.31. The van der Waals surface area contributed by atoms with Crippen molar-refractivity contribution in [2.45, 2.75) is 45.3 Å². The van der Waals surface area contributed by atoms with Gasteiger partial charge >= 0.3 is 0 Å². The Morgan fingerprint density at radius 3 is 2.57 bits per heavy atom. The van der Waals surface area contributed by atoms with E-state index in [1.54, 1.807) is 28.9 Å². The van der Waals surface area contributed by atoms with E-state index in [1.807, 2.05) is 75.0 Å². The predicted molar refractivity (Wildman–Crippen MR) is 137 cm³/mol. The Balaban J connectivity index is 1.81. The first kappa shape index (κ1) is 24.5. The van der Waals surface area contributed by atoms with E-state index in [-0.39, 0.29) is 18.4 Å². The van der Waals surface area contributed by atoms with Crippen LogP contribution in [0.3, 0.4) is 0 Å². The lowest BCUT2D eigenvalue weighted by Crippen LogP contribution is -2.51. The normalized spacial score (nSPS) is 12.5. The van der Waals surface area contributed by atoms with Gasteiger partial charge in [0, 0.05) is 29.5 Å². The number of nitrogens with zero attached hydrogens (tertiary/aromatic N) is 5. The van der Waals surface area contributed by atoms with E-state index in [4.69, 9.17) is 11.6 Å². The summed E-state index contributed by atoms with van der Waals surface area (Å²) in [4.78, 5) is 29.3. The Morgan fingerprint density at radius 1 is 1.11 bits per heavy atom. The molecule has 2 heterocycles. The van der Waals surface area contributed by atoms with Gasteiger partial charge in [0.1, 0.15) is 12.1 Å². The SMILES string of the molecule is CCC(C)(C)NC(=O)[C@@H](c1cccn1C)N(C(=O)Cn1nnc2ccccc21)c1cccc(Cl)c1. The van der Waals surface area contributed by atoms with E-state index < -0.39 is 11.6 Å². The molecule has 8 nitrogen and oxygen atoms in total. The van der Waals surface area contributed by atoms with Gasteiger partial charge in [-0.1, -0.05) is 41.9 Å². The molecule has 0 aliphatic rings. The summed E-state index contributed by atoms with van der Waals surface area (Å²) in [5, 5.41) is 11.9. The number of carbonyl (C=O) groups excluding carboxylic acids is 2. The largest absolute Gasteiger partial charge is 0.352 e. The van der Waals surface area contributed by atoms with Crippen molar-refractivity contribution in [3.63, 3.8) is 0 Å². The first-order chi connectivity index (χ1) is 16.7. The standard InChI is InChI=1S/C26H29ClN6O2/c1-5-26(2,3)28-25(35)24(22-14-9-15-31(22)4)33(19-11-8-10-18(27)16-19)23(34)17-32-21-13-7-6-12-20(21)29-30-32/h6-16,24H,5,17H2,1-4H3,(H,28,35)/t24-/m1/s1. The van der Waals surface area contributed by atoms with Gasteiger partial charge in [0.25, 0.3) is 0 Å². The molecule has 0 radical (unpaired) electrons. The summed E-state index contributed by atoms with van der Waals surface area (Å²) in [5.41, 5.74) is 2.16. The molecule has 4 rings (SSSR count). The predicted octanol–water partition coefficient (Wildman–Crippen LogP) is 4.50. The van der Waals surface area contributed by atoms with Crippen LogP contribution in [0, 0.1) is 0 Å². The third kappa shape index (κ3) is 5.22. The Morgan fingerprint density at radius 2 is 1.89 bits per heavy atom. The summed E-state index contributed by atoms with van der Waals surface area (Å²) in [5.74, 6) is -0.603. The number of halogens is 1. The molecule has 0 saturated carbocycles. The van der Waals surface area contributed by atoms with Crippen LogP contribution in [0.25, 0.3) is 11.0 Å². The van der Waals surface area contributed by atoms with Gasteiger partial charge in [-0.3, -0.25) is 14.5 Å². The van der Waals surface area contributed by atoms with Crippen molar-refractivity contribution in [2.24, 2.45) is 7.05 Å². The summed E-state index contributed by atoms with van der Waals surface area (Å²) < 4.78 is 3.39. The van der Waals surface area contributed by atoms with E-state index in [0.717, 1.165) is 11.9 Å². The number of carbonyl (C=O) groups is 2. The Labute approximate surface area is 209 Å². The van der Waals surface area contributed by atoms with Crippen molar-refractivity contribution >= 4 is 40.1 Å². The zero-order chi connectivity index (χ0) is 25.2. The highest BCUT2D eigenvalue weighted by atomic mass is 35.5. The number of amides is 2. The molecule has 0 aliphatic heterocycles. The van der Waals surface area contributed by atoms with Crippen molar-refractivity contribution in [1.29, 1.82) is 0 Å². The van der Waals surface area contributed by atoms with Gasteiger partial charge < -0.3 is 9.88 Å². The molecule has 2 amide bonds. The molecule has 0 aliphatic carbocycles. The summed E-state index contributed by atoms with van der Waals surface area (Å²) >= 11 is 6.31. The molecule has 1 N–H and O–H groups in total. The molecule has 0 saturated heterocycles. The fourth-order valence-electron chi connectivity index (χ4n) is 3.93. The van der Waals surface area contributed by atoms with Gasteiger partial charge in [-0.15, -0.1) is 5.10 Å². The van der Waals surface area contributed by atoms with Gasteiger partial charge in [-0.05, 0) is 62.7 Å². The minimum atomic E-state index is -0.929. The molecule has 35 heavy (non-hydrogen) atoms. The number of hydrogen-bond acceptors (Lipinski definition) is 4. The van der Waals surface area contributed by atoms with E-state index in [1.165, 1.54) is 4.90 Å². The third-order valence-electron chi connectivity index (χ3n) is 6.18. The second-order valence-electron chi connectivity index (χ2n) is 9.15. The second-order valence-corrected chi connectivity index (χ2v) is 9.59. The van der Waals surface area contributed by atoms with Crippen molar-refractivity contribution in [2.75, 3.05) is 4.90 Å². The van der Waals surface area contributed by atoms with Crippen LogP contribution in [0.1, 0.15) is 38.9 Å². The molecule has 2 aromatic carbocycles. The maximum Gasteiger partial charge on any atom is 0.249 e. The molecule has 9 heteroatoms. The Kier molecular flexibility index (Phi) is 6.93. The van der Waals surface area contributed by atoms with E-state index in [0.29, 0.717) is 21.9 Å². The third-order valence-corrected chi connectivity index (χ3v) is 6.41. The number of benzene rings is 2. The summed E-state index contributed by atoms with van der Waals surface area (Å²) in [6.07, 6.45) is 2.58. The van der Waals surface area contributed by atoms with Gasteiger partial charge in [-0.25, -0.2) is 4.68 Å². The lowest BCUT2D eigenvalue weighted by Gasteiger charge is -2.34. The molecule has 0 bridgehead atoms. The van der Waals surface area contributed by atoms with Crippen LogP contribution in [0.4, 0.5) is 5.69 Å². The number of aromatic nitrogens is 4. The first-order valence-corrected chi connectivity index (χ1v) is 11.9. The van der Waals surface area contributed by atoms with Crippen molar-refractivity contribution < 1.29 is 9.59 Å². The van der Waals surface area contributed by atoms with Crippen LogP contribution in [0.2, 0.25) is 5.02 Å². The van der Waals surface area contributed by atoms with Crippen molar-refractivity contribution in [1.82, 2.24) is 24.9 Å². The van der Waals surface area contributed by atoms with Gasteiger partial charge in [0.2, 0.25) is 11.8 Å². The number of fused-ring (bicyclic) bond motifs is 1. The topological polar surface area (TPSA) is 85.0 Å². The number of aryl methyl sites for hydroxylation is 1. The fraction of sp³-hybridized carbons (Fsp3) is 0.308. The van der Waals surface area contributed by atoms with Crippen LogP contribution >= 0.6 is 11.6 Å². The van der Waals surface area contributed by atoms with Crippen molar-refractivity contribution in [3.05, 3.63) is 77.6 Å². The smallest absolute Gasteiger partial charge is 0.249 e. The molecular weight excluding hydrogens is 464 g/mol. The molecule has 182 valence electrons. The van der Waals surface area contributed by atoms with Crippen LogP contribution in [-0.4, -0.2) is 36.9 Å². The van der Waals surface area contributed by atoms with E-state index >= 15 is 0 Å². The van der Waals surface area contributed by atoms with E-state index in [2.05, 4.69) is 15.6 Å². The maximum absolute atomic E-state index is 14.0. The Hall–Kier alpha value is -3.65. The molecule has 0 fully saturated rings. The highest BCUT2D eigenvalue weighted by molar-refractivity contribution is 6.31. The zero-order valence-electron chi connectivity index (χ0n) is 20.3. The number of hydrogen-bond donors (Lipinski definition) is 1.